The lowest BCUT2D eigenvalue weighted by Crippen LogP contribution is -2.44. The molecular weight excluding hydrogens is 226 g/mol. The van der Waals surface area contributed by atoms with E-state index in [9.17, 15) is 0 Å². The minimum absolute atomic E-state index is 0.804. The Labute approximate surface area is 107 Å². The normalized spacial score (nSPS) is 12.7. The fourth-order valence-electron chi connectivity index (χ4n) is 1.90. The Bertz CT molecular complexity index is 352. The SMILES string of the molecule is C=Cc1cccc([SiH](COCC)CN(C)C)c1. The van der Waals surface area contributed by atoms with Crippen molar-refractivity contribution < 1.29 is 4.74 Å². The van der Waals surface area contributed by atoms with Gasteiger partial charge in [0.15, 0.2) is 0 Å². The molecule has 0 saturated carbocycles. The highest BCUT2D eigenvalue weighted by molar-refractivity contribution is 6.73. The number of hydrogen-bond acceptors (Lipinski definition) is 2. The highest BCUT2D eigenvalue weighted by Crippen LogP contribution is 2.00. The summed E-state index contributed by atoms with van der Waals surface area (Å²) in [7, 11) is 3.20. The zero-order valence-electron chi connectivity index (χ0n) is 11.1. The van der Waals surface area contributed by atoms with Gasteiger partial charge in [0.2, 0.25) is 0 Å². The first-order valence-electron chi connectivity index (χ1n) is 6.12. The minimum Gasteiger partial charge on any atom is -0.385 e. The van der Waals surface area contributed by atoms with Crippen LogP contribution < -0.4 is 5.19 Å². The minimum atomic E-state index is -1.05. The van der Waals surface area contributed by atoms with Gasteiger partial charge in [0.05, 0.1) is 0 Å². The van der Waals surface area contributed by atoms with Gasteiger partial charge in [-0.15, -0.1) is 0 Å². The van der Waals surface area contributed by atoms with Crippen LogP contribution in [-0.2, 0) is 4.74 Å². The molecule has 0 aromatic heterocycles. The molecule has 3 heteroatoms. The smallest absolute Gasteiger partial charge is 0.114 e. The van der Waals surface area contributed by atoms with Crippen LogP contribution in [0, 0.1) is 0 Å². The zero-order chi connectivity index (χ0) is 12.7. The lowest BCUT2D eigenvalue weighted by Gasteiger charge is -2.20. The van der Waals surface area contributed by atoms with Crippen LogP contribution in [0.5, 0.6) is 0 Å². The Morgan fingerprint density at radius 3 is 2.76 bits per heavy atom. The van der Waals surface area contributed by atoms with Crippen molar-refractivity contribution in [2.24, 2.45) is 0 Å². The molecule has 1 unspecified atom stereocenters. The van der Waals surface area contributed by atoms with E-state index in [1.807, 2.05) is 6.08 Å². The number of nitrogens with zero attached hydrogens (tertiary/aromatic N) is 1. The molecule has 2 nitrogen and oxygen atoms in total. The Kier molecular flexibility index (Phi) is 6.19. The van der Waals surface area contributed by atoms with Gasteiger partial charge in [-0.25, -0.2) is 0 Å². The van der Waals surface area contributed by atoms with Gasteiger partial charge >= 0.3 is 0 Å². The standard InChI is InChI=1S/C14H23NOSi/c1-5-13-8-7-9-14(10-13)17(11-15(3)4)12-16-6-2/h5,7-10,17H,1,6,11-12H2,2-4H3. The van der Waals surface area contributed by atoms with Crippen molar-refractivity contribution in [2.75, 3.05) is 33.1 Å². The fourth-order valence-corrected chi connectivity index (χ4v) is 4.62. The fraction of sp³-hybridized carbons (Fsp3) is 0.429. The van der Waals surface area contributed by atoms with E-state index < -0.39 is 8.80 Å². The van der Waals surface area contributed by atoms with E-state index in [1.165, 1.54) is 10.8 Å². The summed E-state index contributed by atoms with van der Waals surface area (Å²) >= 11 is 0. The second kappa shape index (κ2) is 7.43. The molecule has 1 rings (SSSR count). The van der Waals surface area contributed by atoms with Gasteiger partial charge in [-0.1, -0.05) is 42.1 Å². The average Bonchev–Trinajstić information content (AvgIpc) is 2.34. The molecule has 0 spiro atoms. The van der Waals surface area contributed by atoms with Crippen molar-refractivity contribution in [3.63, 3.8) is 0 Å². The maximum absolute atomic E-state index is 5.63. The molecular formula is C14H23NOSi. The van der Waals surface area contributed by atoms with Crippen LogP contribution in [0.15, 0.2) is 30.8 Å². The predicted molar refractivity (Wildman–Crippen MR) is 78.4 cm³/mol. The van der Waals surface area contributed by atoms with Gasteiger partial charge in [-0.05, 0) is 32.8 Å². The molecule has 0 heterocycles. The molecule has 1 aromatic rings. The Morgan fingerprint density at radius 2 is 2.18 bits per heavy atom. The summed E-state index contributed by atoms with van der Waals surface area (Å²) in [4.78, 5) is 2.26. The van der Waals surface area contributed by atoms with Gasteiger partial charge in [0, 0.05) is 12.8 Å². The first-order valence-corrected chi connectivity index (χ1v) is 8.33. The maximum Gasteiger partial charge on any atom is 0.114 e. The molecule has 0 amide bonds. The van der Waals surface area contributed by atoms with Gasteiger partial charge in [0.1, 0.15) is 8.80 Å². The molecule has 94 valence electrons. The number of benzene rings is 1. The molecule has 0 aliphatic heterocycles. The summed E-state index contributed by atoms with van der Waals surface area (Å²) in [5, 5.41) is 1.46. The number of ether oxygens (including phenoxy) is 1. The van der Waals surface area contributed by atoms with Gasteiger partial charge in [0.25, 0.3) is 0 Å². The van der Waals surface area contributed by atoms with Crippen molar-refractivity contribution in [3.05, 3.63) is 36.4 Å². The van der Waals surface area contributed by atoms with Crippen LogP contribution in [0.1, 0.15) is 12.5 Å². The Hall–Kier alpha value is -0.903. The third kappa shape index (κ3) is 4.85. The molecule has 0 aliphatic rings. The molecule has 0 bridgehead atoms. The van der Waals surface area contributed by atoms with Crippen LogP contribution in [-0.4, -0.2) is 46.8 Å². The number of hydrogen-bond donors (Lipinski definition) is 0. The Morgan fingerprint density at radius 1 is 1.41 bits per heavy atom. The first-order chi connectivity index (χ1) is 8.17. The van der Waals surface area contributed by atoms with E-state index in [4.69, 9.17) is 4.74 Å². The van der Waals surface area contributed by atoms with Crippen LogP contribution in [0.3, 0.4) is 0 Å². The van der Waals surface area contributed by atoms with Gasteiger partial charge in [-0.2, -0.15) is 0 Å². The van der Waals surface area contributed by atoms with Crippen LogP contribution >= 0.6 is 0 Å². The first kappa shape index (κ1) is 14.2. The van der Waals surface area contributed by atoms with E-state index in [1.54, 1.807) is 0 Å². The van der Waals surface area contributed by atoms with Crippen molar-refractivity contribution >= 4 is 20.1 Å². The molecule has 1 aromatic carbocycles. The average molecular weight is 249 g/mol. The maximum atomic E-state index is 5.63. The van der Waals surface area contributed by atoms with Crippen LogP contribution in [0.4, 0.5) is 0 Å². The summed E-state index contributed by atoms with van der Waals surface area (Å²) in [5.74, 6) is 0. The third-order valence-electron chi connectivity index (χ3n) is 2.73. The predicted octanol–water partition coefficient (Wildman–Crippen LogP) is 1.44. The summed E-state index contributed by atoms with van der Waals surface area (Å²) in [5.41, 5.74) is 1.20. The molecule has 0 fully saturated rings. The lowest BCUT2D eigenvalue weighted by atomic mass is 10.2. The van der Waals surface area contributed by atoms with Gasteiger partial charge in [-0.3, -0.25) is 0 Å². The summed E-state index contributed by atoms with van der Waals surface area (Å²) in [6.07, 6.45) is 3.96. The third-order valence-corrected chi connectivity index (χ3v) is 5.84. The van der Waals surface area contributed by atoms with Crippen molar-refractivity contribution in [1.29, 1.82) is 0 Å². The van der Waals surface area contributed by atoms with E-state index in [-0.39, 0.29) is 0 Å². The molecule has 0 radical (unpaired) electrons. The molecule has 0 aliphatic carbocycles. The van der Waals surface area contributed by atoms with E-state index >= 15 is 0 Å². The molecule has 0 saturated heterocycles. The van der Waals surface area contributed by atoms with Crippen molar-refractivity contribution in [1.82, 2.24) is 4.90 Å². The molecule has 0 N–H and O–H groups in total. The second-order valence-electron chi connectivity index (χ2n) is 4.49. The van der Waals surface area contributed by atoms with Crippen molar-refractivity contribution in [3.8, 4) is 0 Å². The van der Waals surface area contributed by atoms with Crippen LogP contribution in [0.25, 0.3) is 6.08 Å². The Balaban J connectivity index is 2.82. The monoisotopic (exact) mass is 249 g/mol. The molecule has 17 heavy (non-hydrogen) atoms. The summed E-state index contributed by atoms with van der Waals surface area (Å²) < 4.78 is 5.63. The zero-order valence-corrected chi connectivity index (χ0v) is 12.3. The van der Waals surface area contributed by atoms with Gasteiger partial charge < -0.3 is 9.64 Å². The second-order valence-corrected chi connectivity index (χ2v) is 7.25. The molecule has 1 atom stereocenters. The van der Waals surface area contributed by atoms with E-state index in [0.29, 0.717) is 0 Å². The highest BCUT2D eigenvalue weighted by atomic mass is 28.3. The summed E-state index contributed by atoms with van der Waals surface area (Å²) in [6, 6.07) is 8.70. The van der Waals surface area contributed by atoms with E-state index in [2.05, 4.69) is 56.8 Å². The summed E-state index contributed by atoms with van der Waals surface area (Å²) in [6.45, 7) is 6.69. The lowest BCUT2D eigenvalue weighted by molar-refractivity contribution is 0.190. The largest absolute Gasteiger partial charge is 0.385 e. The number of rotatable bonds is 7. The van der Waals surface area contributed by atoms with E-state index in [0.717, 1.165) is 19.0 Å². The van der Waals surface area contributed by atoms with Crippen molar-refractivity contribution in [2.45, 2.75) is 6.92 Å². The van der Waals surface area contributed by atoms with Crippen LogP contribution in [0.2, 0.25) is 0 Å². The topological polar surface area (TPSA) is 12.5 Å². The quantitative estimate of drug-likeness (QED) is 0.678. The highest BCUT2D eigenvalue weighted by Gasteiger charge is 2.15.